The van der Waals surface area contributed by atoms with Crippen molar-refractivity contribution in [3.05, 3.63) is 23.5 Å². The van der Waals surface area contributed by atoms with Crippen LogP contribution in [0, 0.1) is 6.92 Å². The third kappa shape index (κ3) is 2.11. The number of nitrogens with two attached hydrogens (primary N) is 1. The molecule has 0 spiro atoms. The summed E-state index contributed by atoms with van der Waals surface area (Å²) in [6, 6.07) is 3.09. The fourth-order valence-electron chi connectivity index (χ4n) is 2.18. The maximum Gasteiger partial charge on any atom is 0.271 e. The van der Waals surface area contributed by atoms with Gasteiger partial charge in [-0.15, -0.1) is 0 Å². The van der Waals surface area contributed by atoms with Gasteiger partial charge in [0.25, 0.3) is 5.91 Å². The molecule has 1 aliphatic heterocycles. The van der Waals surface area contributed by atoms with E-state index < -0.39 is 11.9 Å². The van der Waals surface area contributed by atoms with Crippen LogP contribution in [0.2, 0.25) is 0 Å². The number of aromatic nitrogens is 1. The molecular weight excluding hydrogens is 232 g/mol. The minimum atomic E-state index is -0.568. The van der Waals surface area contributed by atoms with E-state index in [1.54, 1.807) is 11.0 Å². The third-order valence-electron chi connectivity index (χ3n) is 3.42. The summed E-state index contributed by atoms with van der Waals surface area (Å²) >= 11 is 0. The zero-order valence-corrected chi connectivity index (χ0v) is 10.6. The van der Waals surface area contributed by atoms with Crippen molar-refractivity contribution in [2.24, 2.45) is 12.8 Å². The van der Waals surface area contributed by atoms with Gasteiger partial charge in [-0.05, 0) is 19.1 Å². The van der Waals surface area contributed by atoms with E-state index >= 15 is 0 Å². The number of hydrogen-bond donors (Lipinski definition) is 2. The highest BCUT2D eigenvalue weighted by atomic mass is 16.2. The molecule has 6 heteroatoms. The lowest BCUT2D eigenvalue weighted by Crippen LogP contribution is -2.58. The highest BCUT2D eigenvalue weighted by Gasteiger charge is 2.32. The normalized spacial score (nSPS) is 19.9. The maximum absolute atomic E-state index is 12.4. The molecule has 6 nitrogen and oxygen atoms in total. The van der Waals surface area contributed by atoms with Crippen LogP contribution in [0.1, 0.15) is 16.2 Å². The quantitative estimate of drug-likeness (QED) is 0.723. The second-order valence-corrected chi connectivity index (χ2v) is 4.54. The molecule has 1 atom stereocenters. The highest BCUT2D eigenvalue weighted by molar-refractivity contribution is 5.96. The number of rotatable bonds is 2. The van der Waals surface area contributed by atoms with Gasteiger partial charge in [-0.1, -0.05) is 0 Å². The third-order valence-corrected chi connectivity index (χ3v) is 3.42. The number of carbonyl (C=O) groups excluding carboxylic acids is 2. The van der Waals surface area contributed by atoms with Gasteiger partial charge in [0.1, 0.15) is 11.7 Å². The Hall–Kier alpha value is -1.82. The van der Waals surface area contributed by atoms with Crippen LogP contribution in [0.15, 0.2) is 12.1 Å². The molecule has 0 aliphatic carbocycles. The first-order chi connectivity index (χ1) is 8.52. The van der Waals surface area contributed by atoms with Gasteiger partial charge in [0, 0.05) is 32.4 Å². The molecule has 18 heavy (non-hydrogen) atoms. The molecule has 2 amide bonds. The van der Waals surface area contributed by atoms with Crippen LogP contribution in [0.4, 0.5) is 0 Å². The standard InChI is InChI=1S/C12H18N4O2/c1-8-3-4-9(15(8)2)12(18)16-6-5-14-7-10(16)11(13)17/h3-4,10,14H,5-7H2,1-2H3,(H2,13,17). The molecule has 3 N–H and O–H groups in total. The van der Waals surface area contributed by atoms with Gasteiger partial charge < -0.3 is 20.5 Å². The summed E-state index contributed by atoms with van der Waals surface area (Å²) in [5, 5.41) is 3.07. The lowest BCUT2D eigenvalue weighted by molar-refractivity contribution is -0.122. The second-order valence-electron chi connectivity index (χ2n) is 4.54. The van der Waals surface area contributed by atoms with Crippen molar-refractivity contribution in [3.63, 3.8) is 0 Å². The van der Waals surface area contributed by atoms with Gasteiger partial charge >= 0.3 is 0 Å². The number of nitrogens with zero attached hydrogens (tertiary/aromatic N) is 2. The van der Waals surface area contributed by atoms with Gasteiger partial charge in [0.05, 0.1) is 0 Å². The van der Waals surface area contributed by atoms with Crippen LogP contribution in [0.3, 0.4) is 0 Å². The van der Waals surface area contributed by atoms with Crippen LogP contribution in [-0.4, -0.2) is 47.0 Å². The van der Waals surface area contributed by atoms with Gasteiger partial charge in [0.2, 0.25) is 5.91 Å². The highest BCUT2D eigenvalue weighted by Crippen LogP contribution is 2.13. The molecule has 0 bridgehead atoms. The van der Waals surface area contributed by atoms with Crippen LogP contribution < -0.4 is 11.1 Å². The Morgan fingerprint density at radius 1 is 1.44 bits per heavy atom. The number of carbonyl (C=O) groups is 2. The molecule has 0 radical (unpaired) electrons. The number of aryl methyl sites for hydroxylation is 1. The zero-order valence-electron chi connectivity index (χ0n) is 10.6. The van der Waals surface area contributed by atoms with Crippen molar-refractivity contribution in [1.29, 1.82) is 0 Å². The first-order valence-electron chi connectivity index (χ1n) is 5.95. The average Bonchev–Trinajstić information content (AvgIpc) is 2.69. The van der Waals surface area contributed by atoms with Gasteiger partial charge in [-0.2, -0.15) is 0 Å². The lowest BCUT2D eigenvalue weighted by atomic mass is 10.1. The van der Waals surface area contributed by atoms with E-state index in [0.29, 0.717) is 25.3 Å². The molecule has 0 saturated carbocycles. The Labute approximate surface area is 106 Å². The number of amides is 2. The van der Waals surface area contributed by atoms with Crippen molar-refractivity contribution < 1.29 is 9.59 Å². The summed E-state index contributed by atoms with van der Waals surface area (Å²) in [6.07, 6.45) is 0. The Bertz CT molecular complexity index is 480. The fourth-order valence-corrected chi connectivity index (χ4v) is 2.18. The fraction of sp³-hybridized carbons (Fsp3) is 0.500. The van der Waals surface area contributed by atoms with Crippen molar-refractivity contribution in [2.75, 3.05) is 19.6 Å². The number of hydrogen-bond acceptors (Lipinski definition) is 3. The molecule has 2 heterocycles. The summed E-state index contributed by atoms with van der Waals surface area (Å²) in [4.78, 5) is 25.3. The monoisotopic (exact) mass is 250 g/mol. The smallest absolute Gasteiger partial charge is 0.271 e. The maximum atomic E-state index is 12.4. The first kappa shape index (κ1) is 12.6. The molecule has 1 aromatic rings. The van der Waals surface area contributed by atoms with Crippen LogP contribution in [0.5, 0.6) is 0 Å². The Balaban J connectivity index is 2.26. The van der Waals surface area contributed by atoms with E-state index in [2.05, 4.69) is 5.32 Å². The van der Waals surface area contributed by atoms with Crippen molar-refractivity contribution in [3.8, 4) is 0 Å². The van der Waals surface area contributed by atoms with Crippen molar-refractivity contribution in [1.82, 2.24) is 14.8 Å². The molecule has 98 valence electrons. The first-order valence-corrected chi connectivity index (χ1v) is 5.95. The van der Waals surface area contributed by atoms with Gasteiger partial charge in [-0.3, -0.25) is 9.59 Å². The SMILES string of the molecule is Cc1ccc(C(=O)N2CCNCC2C(N)=O)n1C. The number of piperazine rings is 1. The summed E-state index contributed by atoms with van der Waals surface area (Å²) in [5.74, 6) is -0.614. The average molecular weight is 250 g/mol. The number of nitrogens with one attached hydrogen (secondary N) is 1. The van der Waals surface area contributed by atoms with Crippen LogP contribution >= 0.6 is 0 Å². The molecule has 1 unspecified atom stereocenters. The van der Waals surface area contributed by atoms with E-state index in [0.717, 1.165) is 5.69 Å². The molecule has 2 rings (SSSR count). The lowest BCUT2D eigenvalue weighted by Gasteiger charge is -2.34. The summed E-state index contributed by atoms with van der Waals surface area (Å²) in [6.45, 7) is 3.53. The van der Waals surface area contributed by atoms with E-state index in [9.17, 15) is 9.59 Å². The van der Waals surface area contributed by atoms with Gasteiger partial charge in [-0.25, -0.2) is 0 Å². The predicted octanol–water partition coefficient (Wildman–Crippen LogP) is -0.767. The number of primary amides is 1. The van der Waals surface area contributed by atoms with Crippen LogP contribution in [0.25, 0.3) is 0 Å². The Morgan fingerprint density at radius 3 is 2.72 bits per heavy atom. The van der Waals surface area contributed by atoms with E-state index in [1.165, 1.54) is 0 Å². The topological polar surface area (TPSA) is 80.4 Å². The van der Waals surface area contributed by atoms with E-state index in [1.807, 2.05) is 24.6 Å². The molecule has 1 fully saturated rings. The largest absolute Gasteiger partial charge is 0.368 e. The molecule has 0 aromatic carbocycles. The molecule has 1 aliphatic rings. The predicted molar refractivity (Wildman–Crippen MR) is 67.0 cm³/mol. The Kier molecular flexibility index (Phi) is 3.38. The zero-order chi connectivity index (χ0) is 13.3. The Morgan fingerprint density at radius 2 is 2.17 bits per heavy atom. The minimum absolute atomic E-state index is 0.143. The second kappa shape index (κ2) is 4.81. The van der Waals surface area contributed by atoms with E-state index in [-0.39, 0.29) is 5.91 Å². The summed E-state index contributed by atoms with van der Waals surface area (Å²) in [7, 11) is 1.84. The summed E-state index contributed by atoms with van der Waals surface area (Å²) in [5.41, 5.74) is 6.92. The van der Waals surface area contributed by atoms with E-state index in [4.69, 9.17) is 5.73 Å². The molecular formula is C12H18N4O2. The van der Waals surface area contributed by atoms with Crippen molar-refractivity contribution >= 4 is 11.8 Å². The van der Waals surface area contributed by atoms with Gasteiger partial charge in [0.15, 0.2) is 0 Å². The summed E-state index contributed by atoms with van der Waals surface area (Å²) < 4.78 is 1.82. The van der Waals surface area contributed by atoms with Crippen LogP contribution in [-0.2, 0) is 11.8 Å². The van der Waals surface area contributed by atoms with Crippen molar-refractivity contribution in [2.45, 2.75) is 13.0 Å². The molecule has 1 aromatic heterocycles. The molecule has 1 saturated heterocycles. The minimum Gasteiger partial charge on any atom is -0.368 e.